The first kappa shape index (κ1) is 25.7. The van der Waals surface area contributed by atoms with E-state index in [4.69, 9.17) is 0 Å². The summed E-state index contributed by atoms with van der Waals surface area (Å²) in [5.74, 6) is 0.789. The Balaban J connectivity index is 0. The van der Waals surface area contributed by atoms with Crippen molar-refractivity contribution in [3.63, 3.8) is 0 Å². The lowest BCUT2D eigenvalue weighted by atomic mass is 10.0. The largest absolute Gasteiger partial charge is 0.0914 e. The van der Waals surface area contributed by atoms with Gasteiger partial charge in [-0.1, -0.05) is 109 Å². The van der Waals surface area contributed by atoms with Gasteiger partial charge in [0.05, 0.1) is 0 Å². The summed E-state index contributed by atoms with van der Waals surface area (Å²) in [6.45, 7) is 13.3. The van der Waals surface area contributed by atoms with E-state index in [9.17, 15) is 0 Å². The number of unbranched alkanes of at least 4 members (excludes halogenated alkanes) is 9. The van der Waals surface area contributed by atoms with Gasteiger partial charge in [0.15, 0.2) is 0 Å². The van der Waals surface area contributed by atoms with Crippen LogP contribution in [0.15, 0.2) is 23.8 Å². The van der Waals surface area contributed by atoms with Gasteiger partial charge >= 0.3 is 0 Å². The van der Waals surface area contributed by atoms with Gasteiger partial charge in [0.25, 0.3) is 0 Å². The van der Waals surface area contributed by atoms with E-state index < -0.39 is 0 Å². The highest BCUT2D eigenvalue weighted by molar-refractivity contribution is 4.94. The summed E-state index contributed by atoms with van der Waals surface area (Å²) in [5, 5.41) is 0. The minimum absolute atomic E-state index is 0.789. The molecule has 24 heavy (non-hydrogen) atoms. The quantitative estimate of drug-likeness (QED) is 0.219. The van der Waals surface area contributed by atoms with Crippen LogP contribution in [0.1, 0.15) is 125 Å². The van der Waals surface area contributed by atoms with Crippen LogP contribution in [0.4, 0.5) is 0 Å². The van der Waals surface area contributed by atoms with Crippen LogP contribution < -0.4 is 0 Å². The number of rotatable bonds is 14. The maximum absolute atomic E-state index is 2.31. The Bertz CT molecular complexity index is 272. The lowest BCUT2D eigenvalue weighted by Crippen LogP contribution is -1.89. The van der Waals surface area contributed by atoms with E-state index in [1.54, 1.807) is 5.57 Å². The van der Waals surface area contributed by atoms with Crippen LogP contribution in [0.5, 0.6) is 0 Å². The van der Waals surface area contributed by atoms with Gasteiger partial charge in [0.2, 0.25) is 0 Å². The van der Waals surface area contributed by atoms with E-state index in [0.29, 0.717) is 0 Å². The molecule has 0 N–H and O–H groups in total. The van der Waals surface area contributed by atoms with E-state index in [-0.39, 0.29) is 0 Å². The van der Waals surface area contributed by atoms with Crippen LogP contribution in [0.3, 0.4) is 0 Å². The standard InChI is InChI=1S/2C12H24/c1-4-6-7-8-9-10-11-12(3)5-2;1-4-6-7-8-9-11-12(3)10-5-2/h5H,4,6-11H2,1-3H3;5,10,12H,4,6-9,11H2,1-3H3. The van der Waals surface area contributed by atoms with Gasteiger partial charge in [0, 0.05) is 0 Å². The molecule has 0 saturated heterocycles. The third kappa shape index (κ3) is 23.7. The first-order chi connectivity index (χ1) is 11.6. The van der Waals surface area contributed by atoms with E-state index in [1.165, 1.54) is 83.5 Å². The molecule has 0 nitrogen and oxygen atoms in total. The Kier molecular flexibility index (Phi) is 24.1. The van der Waals surface area contributed by atoms with Crippen molar-refractivity contribution in [1.29, 1.82) is 0 Å². The van der Waals surface area contributed by atoms with Crippen molar-refractivity contribution in [2.45, 2.75) is 125 Å². The van der Waals surface area contributed by atoms with Gasteiger partial charge < -0.3 is 0 Å². The van der Waals surface area contributed by atoms with Crippen molar-refractivity contribution >= 4 is 0 Å². The molecule has 0 rings (SSSR count). The molecule has 144 valence electrons. The summed E-state index contributed by atoms with van der Waals surface area (Å²) in [6.07, 6.45) is 24.9. The van der Waals surface area contributed by atoms with Crippen LogP contribution >= 0.6 is 0 Å². The molecule has 0 aliphatic carbocycles. The van der Waals surface area contributed by atoms with Gasteiger partial charge in [-0.25, -0.2) is 0 Å². The number of hydrogen-bond acceptors (Lipinski definition) is 0. The average Bonchev–Trinajstić information content (AvgIpc) is 2.58. The summed E-state index contributed by atoms with van der Waals surface area (Å²) in [6, 6.07) is 0. The lowest BCUT2D eigenvalue weighted by Gasteiger charge is -2.04. The van der Waals surface area contributed by atoms with Crippen molar-refractivity contribution in [2.75, 3.05) is 0 Å². The zero-order valence-electron chi connectivity index (χ0n) is 18.0. The molecule has 0 aliphatic rings. The fourth-order valence-corrected chi connectivity index (χ4v) is 2.82. The van der Waals surface area contributed by atoms with Crippen LogP contribution in [0.2, 0.25) is 0 Å². The first-order valence-corrected chi connectivity index (χ1v) is 10.9. The second-order valence-corrected chi connectivity index (χ2v) is 7.36. The fourth-order valence-electron chi connectivity index (χ4n) is 2.82. The van der Waals surface area contributed by atoms with Crippen molar-refractivity contribution < 1.29 is 0 Å². The molecule has 0 saturated carbocycles. The van der Waals surface area contributed by atoms with Gasteiger partial charge in [0.1, 0.15) is 0 Å². The van der Waals surface area contributed by atoms with E-state index >= 15 is 0 Å². The third-order valence-corrected chi connectivity index (χ3v) is 4.70. The monoisotopic (exact) mass is 336 g/mol. The minimum Gasteiger partial charge on any atom is -0.0914 e. The maximum Gasteiger partial charge on any atom is -0.0262 e. The highest BCUT2D eigenvalue weighted by atomic mass is 14.0. The second kappa shape index (κ2) is 22.5. The van der Waals surface area contributed by atoms with Gasteiger partial charge in [-0.15, -0.1) is 0 Å². The van der Waals surface area contributed by atoms with Gasteiger partial charge in [-0.2, -0.15) is 0 Å². The van der Waals surface area contributed by atoms with Gasteiger partial charge in [-0.3, -0.25) is 0 Å². The molecule has 0 aliphatic heterocycles. The van der Waals surface area contributed by atoms with Crippen molar-refractivity contribution in [1.82, 2.24) is 0 Å². The highest BCUT2D eigenvalue weighted by Crippen LogP contribution is 2.12. The Morgan fingerprint density at radius 3 is 1.75 bits per heavy atom. The smallest absolute Gasteiger partial charge is 0.0262 e. The third-order valence-electron chi connectivity index (χ3n) is 4.70. The maximum atomic E-state index is 2.31. The lowest BCUT2D eigenvalue weighted by molar-refractivity contribution is 0.550. The van der Waals surface area contributed by atoms with E-state index in [2.05, 4.69) is 59.8 Å². The molecule has 0 amide bonds. The topological polar surface area (TPSA) is 0 Å². The molecular formula is C24H48. The molecule has 0 fully saturated rings. The van der Waals surface area contributed by atoms with Crippen LogP contribution in [-0.2, 0) is 0 Å². The molecule has 0 spiro atoms. The molecule has 1 atom stereocenters. The second-order valence-electron chi connectivity index (χ2n) is 7.36. The highest BCUT2D eigenvalue weighted by Gasteiger charge is 1.95. The predicted octanol–water partition coefficient (Wildman–Crippen LogP) is 9.26. The minimum atomic E-state index is 0.789. The summed E-state index contributed by atoms with van der Waals surface area (Å²) < 4.78 is 0. The van der Waals surface area contributed by atoms with E-state index in [0.717, 1.165) is 5.92 Å². The van der Waals surface area contributed by atoms with Crippen LogP contribution in [0.25, 0.3) is 0 Å². The molecule has 0 heteroatoms. The van der Waals surface area contributed by atoms with Crippen molar-refractivity contribution in [2.24, 2.45) is 5.92 Å². The molecule has 0 bridgehead atoms. The molecule has 0 radical (unpaired) electrons. The fraction of sp³-hybridized carbons (Fsp3) is 0.833. The average molecular weight is 337 g/mol. The molecule has 0 aromatic rings. The SMILES string of the molecule is CC=C(C)CCCCCCCC.CC=CC(C)CCCCCCC. The number of hydrogen-bond donors (Lipinski definition) is 0. The van der Waals surface area contributed by atoms with Crippen molar-refractivity contribution in [3.8, 4) is 0 Å². The summed E-state index contributed by atoms with van der Waals surface area (Å²) in [4.78, 5) is 0. The molecule has 0 aromatic carbocycles. The Morgan fingerprint density at radius 1 is 0.750 bits per heavy atom. The zero-order chi connectivity index (χ0) is 18.5. The first-order valence-electron chi connectivity index (χ1n) is 10.9. The summed E-state index contributed by atoms with van der Waals surface area (Å²) in [5.41, 5.74) is 1.55. The normalized spacial score (nSPS) is 13.0. The van der Waals surface area contributed by atoms with Crippen LogP contribution in [0, 0.1) is 5.92 Å². The molecular weight excluding hydrogens is 288 g/mol. The van der Waals surface area contributed by atoms with Crippen molar-refractivity contribution in [3.05, 3.63) is 23.8 Å². The molecule has 0 aromatic heterocycles. The molecule has 1 unspecified atom stereocenters. The summed E-state index contributed by atoms with van der Waals surface area (Å²) in [7, 11) is 0. The Hall–Kier alpha value is -0.520. The van der Waals surface area contributed by atoms with Gasteiger partial charge in [-0.05, 0) is 46.0 Å². The Morgan fingerprint density at radius 2 is 1.25 bits per heavy atom. The molecule has 0 heterocycles. The zero-order valence-corrected chi connectivity index (χ0v) is 18.0. The number of allylic oxidation sites excluding steroid dienone is 4. The summed E-state index contributed by atoms with van der Waals surface area (Å²) >= 11 is 0. The van der Waals surface area contributed by atoms with Crippen LogP contribution in [-0.4, -0.2) is 0 Å². The Labute approximate surface area is 155 Å². The predicted molar refractivity (Wildman–Crippen MR) is 115 cm³/mol. The van der Waals surface area contributed by atoms with E-state index in [1.807, 2.05) is 0 Å².